The van der Waals surface area contributed by atoms with Gasteiger partial charge in [-0.3, -0.25) is 4.79 Å². The van der Waals surface area contributed by atoms with Crippen LogP contribution in [-0.4, -0.2) is 34.2 Å². The number of anilines is 2. The number of hydrogen-bond acceptors (Lipinski definition) is 7. The first-order valence-corrected chi connectivity index (χ1v) is 8.54. The van der Waals surface area contributed by atoms with Crippen LogP contribution in [0.1, 0.15) is 5.01 Å². The van der Waals surface area contributed by atoms with E-state index in [4.69, 9.17) is 0 Å². The fourth-order valence-electron chi connectivity index (χ4n) is 2.35. The molecule has 0 spiro atoms. The lowest BCUT2D eigenvalue weighted by atomic mass is 10.0. The first kappa shape index (κ1) is 13.6. The van der Waals surface area contributed by atoms with E-state index in [1.54, 1.807) is 11.3 Å². The number of amides is 1. The Morgan fingerprint density at radius 3 is 2.82 bits per heavy atom. The molecule has 112 valence electrons. The molecule has 1 aliphatic heterocycles. The lowest BCUT2D eigenvalue weighted by molar-refractivity contribution is -0.120. The second-order valence-electron chi connectivity index (χ2n) is 5.18. The predicted octanol–water partition coefficient (Wildman–Crippen LogP) is 2.53. The number of aromatic nitrogens is 3. The maximum atomic E-state index is 12.1. The minimum absolute atomic E-state index is 0.00788. The Balaban J connectivity index is 1.40. The topological polar surface area (TPSA) is 71.0 Å². The van der Waals surface area contributed by atoms with Crippen molar-refractivity contribution in [3.05, 3.63) is 29.3 Å². The van der Waals surface area contributed by atoms with Crippen molar-refractivity contribution in [2.75, 3.05) is 23.3 Å². The Kier molecular flexibility index (Phi) is 3.27. The van der Waals surface area contributed by atoms with E-state index in [1.165, 1.54) is 16.0 Å². The molecule has 1 fully saturated rings. The van der Waals surface area contributed by atoms with Gasteiger partial charge in [-0.05, 0) is 19.1 Å². The SMILES string of the molecule is Cc1nnc(NC(=O)C2CN(c3nc4ccccc4s3)C2)s1. The standard InChI is InChI=1S/C14H13N5OS2/c1-8-17-18-13(21-8)16-12(20)9-6-19(7-9)14-15-10-4-2-3-5-11(10)22-14/h2-5,9H,6-7H2,1H3,(H,16,18,20). The lowest BCUT2D eigenvalue weighted by Gasteiger charge is -2.37. The van der Waals surface area contributed by atoms with Gasteiger partial charge in [-0.15, -0.1) is 10.2 Å². The number of aryl methyl sites for hydroxylation is 1. The largest absolute Gasteiger partial charge is 0.346 e. The molecule has 22 heavy (non-hydrogen) atoms. The molecule has 1 N–H and O–H groups in total. The zero-order valence-corrected chi connectivity index (χ0v) is 13.4. The molecule has 0 radical (unpaired) electrons. The first-order valence-electron chi connectivity index (χ1n) is 6.90. The number of hydrogen-bond donors (Lipinski definition) is 1. The highest BCUT2D eigenvalue weighted by Gasteiger charge is 2.34. The Labute approximate surface area is 134 Å². The van der Waals surface area contributed by atoms with Crippen molar-refractivity contribution in [2.24, 2.45) is 5.92 Å². The van der Waals surface area contributed by atoms with Gasteiger partial charge in [0, 0.05) is 13.1 Å². The van der Waals surface area contributed by atoms with Gasteiger partial charge in [-0.2, -0.15) is 0 Å². The number of benzene rings is 1. The van der Waals surface area contributed by atoms with Gasteiger partial charge in [-0.1, -0.05) is 34.8 Å². The maximum absolute atomic E-state index is 12.1. The number of nitrogens with zero attached hydrogens (tertiary/aromatic N) is 4. The molecule has 0 unspecified atom stereocenters. The molecule has 8 heteroatoms. The van der Waals surface area contributed by atoms with Crippen molar-refractivity contribution in [2.45, 2.75) is 6.92 Å². The van der Waals surface area contributed by atoms with E-state index in [1.807, 2.05) is 25.1 Å². The van der Waals surface area contributed by atoms with Gasteiger partial charge < -0.3 is 10.2 Å². The number of para-hydroxylation sites is 1. The second kappa shape index (κ2) is 5.29. The summed E-state index contributed by atoms with van der Waals surface area (Å²) < 4.78 is 1.18. The molecule has 0 aliphatic carbocycles. The highest BCUT2D eigenvalue weighted by atomic mass is 32.1. The van der Waals surface area contributed by atoms with Crippen molar-refractivity contribution < 1.29 is 4.79 Å². The summed E-state index contributed by atoms with van der Waals surface area (Å²) in [5, 5.41) is 13.0. The Hall–Kier alpha value is -2.06. The molecule has 3 heterocycles. The highest BCUT2D eigenvalue weighted by Crippen LogP contribution is 2.33. The number of nitrogens with one attached hydrogen (secondary N) is 1. The zero-order chi connectivity index (χ0) is 15.1. The van der Waals surface area contributed by atoms with Crippen LogP contribution in [0.4, 0.5) is 10.3 Å². The fourth-order valence-corrected chi connectivity index (χ4v) is 3.93. The number of fused-ring (bicyclic) bond motifs is 1. The molecule has 2 aromatic heterocycles. The lowest BCUT2D eigenvalue weighted by Crippen LogP contribution is -2.52. The summed E-state index contributed by atoms with van der Waals surface area (Å²) in [6.45, 7) is 3.26. The molecule has 4 rings (SSSR count). The quantitative estimate of drug-likeness (QED) is 0.798. The molecule has 1 aliphatic rings. The molecule has 1 saturated heterocycles. The predicted molar refractivity (Wildman–Crippen MR) is 88.6 cm³/mol. The number of rotatable bonds is 3. The monoisotopic (exact) mass is 331 g/mol. The molecule has 0 bridgehead atoms. The summed E-state index contributed by atoms with van der Waals surface area (Å²) >= 11 is 3.06. The molecule has 1 aromatic carbocycles. The Bertz CT molecular complexity index is 804. The van der Waals surface area contributed by atoms with Crippen LogP contribution in [0.25, 0.3) is 10.2 Å². The molecule has 0 saturated carbocycles. The van der Waals surface area contributed by atoms with E-state index in [2.05, 4.69) is 31.5 Å². The van der Waals surface area contributed by atoms with Crippen molar-refractivity contribution in [3.63, 3.8) is 0 Å². The van der Waals surface area contributed by atoms with Gasteiger partial charge in [0.2, 0.25) is 11.0 Å². The first-order chi connectivity index (χ1) is 10.7. The highest BCUT2D eigenvalue weighted by molar-refractivity contribution is 7.22. The number of thiazole rings is 1. The van der Waals surface area contributed by atoms with E-state index in [9.17, 15) is 4.79 Å². The Morgan fingerprint density at radius 2 is 2.09 bits per heavy atom. The van der Waals surface area contributed by atoms with Crippen molar-refractivity contribution in [3.8, 4) is 0 Å². The zero-order valence-electron chi connectivity index (χ0n) is 11.8. The van der Waals surface area contributed by atoms with Gasteiger partial charge in [0.25, 0.3) is 0 Å². The summed E-state index contributed by atoms with van der Waals surface area (Å²) in [6.07, 6.45) is 0. The molecular weight excluding hydrogens is 318 g/mol. The van der Waals surface area contributed by atoms with Crippen LogP contribution in [0.15, 0.2) is 24.3 Å². The third-order valence-corrected chi connectivity index (χ3v) is 5.41. The van der Waals surface area contributed by atoms with Gasteiger partial charge in [-0.25, -0.2) is 4.98 Å². The number of carbonyl (C=O) groups is 1. The van der Waals surface area contributed by atoms with Crippen LogP contribution in [0.2, 0.25) is 0 Å². The molecular formula is C14H13N5OS2. The second-order valence-corrected chi connectivity index (χ2v) is 7.37. The summed E-state index contributed by atoms with van der Waals surface area (Å²) in [4.78, 5) is 18.9. The maximum Gasteiger partial charge on any atom is 0.232 e. The summed E-state index contributed by atoms with van der Waals surface area (Å²) in [5.74, 6) is -0.00951. The molecule has 0 atom stereocenters. The Morgan fingerprint density at radius 1 is 1.27 bits per heavy atom. The normalized spacial score (nSPS) is 15.0. The minimum atomic E-state index is -0.0174. The fraction of sp³-hybridized carbons (Fsp3) is 0.286. The van der Waals surface area contributed by atoms with Crippen molar-refractivity contribution >= 4 is 49.1 Å². The van der Waals surface area contributed by atoms with Gasteiger partial charge >= 0.3 is 0 Å². The van der Waals surface area contributed by atoms with Gasteiger partial charge in [0.05, 0.1) is 16.1 Å². The third-order valence-electron chi connectivity index (χ3n) is 3.56. The van der Waals surface area contributed by atoms with E-state index in [-0.39, 0.29) is 11.8 Å². The number of carbonyl (C=O) groups excluding carboxylic acids is 1. The molecule has 1 amide bonds. The average Bonchev–Trinajstić information content (AvgIpc) is 3.03. The van der Waals surface area contributed by atoms with E-state index in [0.717, 1.165) is 15.7 Å². The van der Waals surface area contributed by atoms with Gasteiger partial charge in [0.1, 0.15) is 5.01 Å². The van der Waals surface area contributed by atoms with Crippen molar-refractivity contribution in [1.82, 2.24) is 15.2 Å². The van der Waals surface area contributed by atoms with E-state index < -0.39 is 0 Å². The van der Waals surface area contributed by atoms with Crippen LogP contribution >= 0.6 is 22.7 Å². The third kappa shape index (κ3) is 2.44. The van der Waals surface area contributed by atoms with Crippen LogP contribution in [0.3, 0.4) is 0 Å². The van der Waals surface area contributed by atoms with Crippen LogP contribution in [0, 0.1) is 12.8 Å². The summed E-state index contributed by atoms with van der Waals surface area (Å²) in [5.41, 5.74) is 1.01. The summed E-state index contributed by atoms with van der Waals surface area (Å²) in [7, 11) is 0. The molecule has 6 nitrogen and oxygen atoms in total. The van der Waals surface area contributed by atoms with Crippen LogP contribution < -0.4 is 10.2 Å². The van der Waals surface area contributed by atoms with Crippen LogP contribution in [-0.2, 0) is 4.79 Å². The van der Waals surface area contributed by atoms with E-state index in [0.29, 0.717) is 18.2 Å². The van der Waals surface area contributed by atoms with Crippen LogP contribution in [0.5, 0.6) is 0 Å². The average molecular weight is 331 g/mol. The van der Waals surface area contributed by atoms with Crippen molar-refractivity contribution in [1.29, 1.82) is 0 Å². The smallest absolute Gasteiger partial charge is 0.232 e. The molecule has 3 aromatic rings. The van der Waals surface area contributed by atoms with E-state index >= 15 is 0 Å². The van der Waals surface area contributed by atoms with Gasteiger partial charge in [0.15, 0.2) is 5.13 Å². The summed E-state index contributed by atoms with van der Waals surface area (Å²) in [6, 6.07) is 8.08. The minimum Gasteiger partial charge on any atom is -0.346 e.